The SMILES string of the molecule is C=CC(=O)OCCCOCCOC(=O)CCC/C=C/CCCC. The average Bonchev–Trinajstić information content (AvgIpc) is 2.56. The molecule has 0 amide bonds. The van der Waals surface area contributed by atoms with Crippen LogP contribution in [0.5, 0.6) is 0 Å². The van der Waals surface area contributed by atoms with E-state index in [4.69, 9.17) is 14.2 Å². The highest BCUT2D eigenvalue weighted by atomic mass is 16.6. The van der Waals surface area contributed by atoms with E-state index in [2.05, 4.69) is 25.7 Å². The van der Waals surface area contributed by atoms with Crippen LogP contribution in [0.2, 0.25) is 0 Å². The lowest BCUT2D eigenvalue weighted by Crippen LogP contribution is -2.12. The van der Waals surface area contributed by atoms with Crippen LogP contribution in [0.4, 0.5) is 0 Å². The quantitative estimate of drug-likeness (QED) is 0.199. The molecule has 0 aliphatic rings. The van der Waals surface area contributed by atoms with Crippen molar-refractivity contribution < 1.29 is 23.8 Å². The number of unbranched alkanes of at least 4 members (excludes halogenated alkanes) is 3. The van der Waals surface area contributed by atoms with E-state index in [9.17, 15) is 9.59 Å². The molecule has 5 heteroatoms. The van der Waals surface area contributed by atoms with Crippen LogP contribution >= 0.6 is 0 Å². The van der Waals surface area contributed by atoms with Crippen LogP contribution in [0.15, 0.2) is 24.8 Å². The zero-order valence-electron chi connectivity index (χ0n) is 14.3. The van der Waals surface area contributed by atoms with E-state index < -0.39 is 5.97 Å². The number of esters is 2. The zero-order chi connectivity index (χ0) is 17.2. The van der Waals surface area contributed by atoms with Gasteiger partial charge in [0, 0.05) is 25.5 Å². The first-order valence-corrected chi connectivity index (χ1v) is 8.38. The Kier molecular flexibility index (Phi) is 15.6. The molecule has 0 aromatic carbocycles. The fraction of sp³-hybridized carbons (Fsp3) is 0.667. The number of hydrogen-bond donors (Lipinski definition) is 0. The maximum absolute atomic E-state index is 11.5. The second-order valence-corrected chi connectivity index (χ2v) is 5.06. The Balaban J connectivity index is 3.29. The monoisotopic (exact) mass is 326 g/mol. The van der Waals surface area contributed by atoms with E-state index >= 15 is 0 Å². The maximum atomic E-state index is 11.5. The molecule has 0 spiro atoms. The van der Waals surface area contributed by atoms with Gasteiger partial charge in [0.05, 0.1) is 13.2 Å². The van der Waals surface area contributed by atoms with Gasteiger partial charge >= 0.3 is 11.9 Å². The van der Waals surface area contributed by atoms with Crippen molar-refractivity contribution >= 4 is 11.9 Å². The van der Waals surface area contributed by atoms with Gasteiger partial charge in [0.25, 0.3) is 0 Å². The summed E-state index contributed by atoms with van der Waals surface area (Å²) in [5, 5.41) is 0. The van der Waals surface area contributed by atoms with Crippen LogP contribution in [0.25, 0.3) is 0 Å². The van der Waals surface area contributed by atoms with E-state index in [1.54, 1.807) is 0 Å². The van der Waals surface area contributed by atoms with E-state index in [0.29, 0.717) is 32.7 Å². The van der Waals surface area contributed by atoms with Crippen LogP contribution < -0.4 is 0 Å². The molecular weight excluding hydrogens is 296 g/mol. The van der Waals surface area contributed by atoms with Crippen molar-refractivity contribution in [2.24, 2.45) is 0 Å². The second kappa shape index (κ2) is 16.7. The van der Waals surface area contributed by atoms with E-state index in [1.807, 2.05) is 0 Å². The lowest BCUT2D eigenvalue weighted by atomic mass is 10.2. The molecule has 23 heavy (non-hydrogen) atoms. The number of allylic oxidation sites excluding steroid dienone is 2. The van der Waals surface area contributed by atoms with Gasteiger partial charge in [0.15, 0.2) is 0 Å². The molecule has 0 heterocycles. The molecule has 5 nitrogen and oxygen atoms in total. The zero-order valence-corrected chi connectivity index (χ0v) is 14.3. The molecule has 0 radical (unpaired) electrons. The Labute approximate surface area is 139 Å². The standard InChI is InChI=1S/C18H30O5/c1-3-5-6-7-8-9-10-12-18(20)23-16-15-21-13-11-14-22-17(19)4-2/h4,7-8H,2-3,5-6,9-16H2,1H3/b8-7+. The number of hydrogen-bond acceptors (Lipinski definition) is 5. The molecule has 0 aliphatic heterocycles. The van der Waals surface area contributed by atoms with Gasteiger partial charge in [-0.3, -0.25) is 4.79 Å². The molecule has 0 saturated heterocycles. The highest BCUT2D eigenvalue weighted by Gasteiger charge is 2.01. The number of carbonyl (C=O) groups is 2. The highest BCUT2D eigenvalue weighted by Crippen LogP contribution is 2.01. The molecule has 0 saturated carbocycles. The summed E-state index contributed by atoms with van der Waals surface area (Å²) in [4.78, 5) is 22.2. The number of carbonyl (C=O) groups excluding carboxylic acids is 2. The van der Waals surface area contributed by atoms with Crippen LogP contribution in [-0.2, 0) is 23.8 Å². The Morgan fingerprint density at radius 3 is 2.35 bits per heavy atom. The summed E-state index contributed by atoms with van der Waals surface area (Å²) in [6.45, 7) is 6.86. The lowest BCUT2D eigenvalue weighted by Gasteiger charge is -2.06. The molecule has 0 aromatic heterocycles. The third kappa shape index (κ3) is 16.6. The predicted octanol–water partition coefficient (Wildman–Crippen LogP) is 3.58. The average molecular weight is 326 g/mol. The number of ether oxygens (including phenoxy) is 3. The summed E-state index contributed by atoms with van der Waals surface area (Å²) >= 11 is 0. The molecule has 0 fully saturated rings. The van der Waals surface area contributed by atoms with Gasteiger partial charge in [0.1, 0.15) is 6.61 Å². The predicted molar refractivity (Wildman–Crippen MR) is 90.1 cm³/mol. The summed E-state index contributed by atoms with van der Waals surface area (Å²) in [6, 6.07) is 0. The van der Waals surface area contributed by atoms with Gasteiger partial charge in [-0.25, -0.2) is 4.79 Å². The minimum absolute atomic E-state index is 0.185. The second-order valence-electron chi connectivity index (χ2n) is 5.06. The van der Waals surface area contributed by atoms with Crippen molar-refractivity contribution in [3.63, 3.8) is 0 Å². The number of rotatable bonds is 15. The van der Waals surface area contributed by atoms with Gasteiger partial charge < -0.3 is 14.2 Å². The van der Waals surface area contributed by atoms with E-state index in [-0.39, 0.29) is 12.6 Å². The van der Waals surface area contributed by atoms with Gasteiger partial charge in [-0.2, -0.15) is 0 Å². The van der Waals surface area contributed by atoms with Crippen molar-refractivity contribution in [2.75, 3.05) is 26.4 Å². The van der Waals surface area contributed by atoms with Crippen molar-refractivity contribution in [1.29, 1.82) is 0 Å². The molecule has 0 aliphatic carbocycles. The largest absolute Gasteiger partial charge is 0.463 e. The Bertz CT molecular complexity index is 349. The fourth-order valence-electron chi connectivity index (χ4n) is 1.70. The van der Waals surface area contributed by atoms with Crippen molar-refractivity contribution in [1.82, 2.24) is 0 Å². The Morgan fingerprint density at radius 1 is 0.913 bits per heavy atom. The summed E-state index contributed by atoms with van der Waals surface area (Å²) in [5.41, 5.74) is 0. The normalized spacial score (nSPS) is 10.7. The molecule has 0 N–H and O–H groups in total. The molecule has 0 aromatic rings. The van der Waals surface area contributed by atoms with Crippen LogP contribution in [0.3, 0.4) is 0 Å². The van der Waals surface area contributed by atoms with Crippen LogP contribution in [-0.4, -0.2) is 38.4 Å². The first kappa shape index (κ1) is 21.4. The summed E-state index contributed by atoms with van der Waals surface area (Å²) < 4.78 is 15.1. The molecular formula is C18H30O5. The van der Waals surface area contributed by atoms with Gasteiger partial charge in [0.2, 0.25) is 0 Å². The molecule has 0 rings (SSSR count). The van der Waals surface area contributed by atoms with Crippen molar-refractivity contribution in [2.45, 2.75) is 51.9 Å². The van der Waals surface area contributed by atoms with Crippen LogP contribution in [0, 0.1) is 0 Å². The Hall–Kier alpha value is -1.62. The smallest absolute Gasteiger partial charge is 0.330 e. The van der Waals surface area contributed by atoms with Gasteiger partial charge in [-0.1, -0.05) is 38.5 Å². The molecule has 0 unspecified atom stereocenters. The summed E-state index contributed by atoms with van der Waals surface area (Å²) in [6.07, 6.45) is 11.8. The lowest BCUT2D eigenvalue weighted by molar-refractivity contribution is -0.145. The maximum Gasteiger partial charge on any atom is 0.330 e. The molecule has 132 valence electrons. The van der Waals surface area contributed by atoms with Gasteiger partial charge in [-0.05, 0) is 19.3 Å². The first-order valence-electron chi connectivity index (χ1n) is 8.38. The van der Waals surface area contributed by atoms with Crippen molar-refractivity contribution in [3.8, 4) is 0 Å². The fourth-order valence-corrected chi connectivity index (χ4v) is 1.70. The minimum Gasteiger partial charge on any atom is -0.463 e. The summed E-state index contributed by atoms with van der Waals surface area (Å²) in [5.74, 6) is -0.616. The molecule has 0 bridgehead atoms. The third-order valence-electron chi connectivity index (χ3n) is 2.98. The Morgan fingerprint density at radius 2 is 1.65 bits per heavy atom. The van der Waals surface area contributed by atoms with Crippen LogP contribution in [0.1, 0.15) is 51.9 Å². The topological polar surface area (TPSA) is 61.8 Å². The molecule has 0 atom stereocenters. The summed E-state index contributed by atoms with van der Waals surface area (Å²) in [7, 11) is 0. The van der Waals surface area contributed by atoms with E-state index in [0.717, 1.165) is 25.3 Å². The van der Waals surface area contributed by atoms with E-state index in [1.165, 1.54) is 12.8 Å². The van der Waals surface area contributed by atoms with Crippen molar-refractivity contribution in [3.05, 3.63) is 24.8 Å². The first-order chi connectivity index (χ1) is 11.2. The third-order valence-corrected chi connectivity index (χ3v) is 2.98. The van der Waals surface area contributed by atoms with Gasteiger partial charge in [-0.15, -0.1) is 0 Å². The highest BCUT2D eigenvalue weighted by molar-refractivity contribution is 5.81. The minimum atomic E-state index is -0.431.